The Morgan fingerprint density at radius 3 is 2.62 bits per heavy atom. The fourth-order valence-corrected chi connectivity index (χ4v) is 3.01. The van der Waals surface area contributed by atoms with E-state index in [0.717, 1.165) is 24.7 Å². The van der Waals surface area contributed by atoms with E-state index in [2.05, 4.69) is 15.6 Å². The molecule has 0 bridgehead atoms. The van der Waals surface area contributed by atoms with Crippen molar-refractivity contribution in [3.8, 4) is 0 Å². The lowest BCUT2D eigenvalue weighted by atomic mass is 9.86. The Balaban J connectivity index is 0.00000169. The molecule has 0 aliphatic carbocycles. The van der Waals surface area contributed by atoms with Crippen molar-refractivity contribution >= 4 is 30.7 Å². The zero-order chi connectivity index (χ0) is 17.1. The Kier molecular flexibility index (Phi) is 8.40. The molecule has 0 spiro atoms. The number of aromatic nitrogens is 1. The maximum absolute atomic E-state index is 13.5. The third-order valence-electron chi connectivity index (χ3n) is 4.34. The smallest absolute Gasteiger partial charge is 0.253 e. The predicted molar refractivity (Wildman–Crippen MR) is 101 cm³/mol. The first-order valence-electron chi connectivity index (χ1n) is 7.94. The second kappa shape index (κ2) is 9.80. The molecule has 4 nitrogen and oxygen atoms in total. The van der Waals surface area contributed by atoms with E-state index in [-0.39, 0.29) is 42.7 Å². The minimum atomic E-state index is -0.862. The third-order valence-corrected chi connectivity index (χ3v) is 4.34. The predicted octanol–water partition coefficient (Wildman–Crippen LogP) is 3.39. The van der Waals surface area contributed by atoms with Gasteiger partial charge in [-0.1, -0.05) is 6.07 Å². The first-order chi connectivity index (χ1) is 11.5. The van der Waals surface area contributed by atoms with Crippen LogP contribution in [0.25, 0.3) is 0 Å². The second-order valence-corrected chi connectivity index (χ2v) is 6.04. The van der Waals surface area contributed by atoms with Gasteiger partial charge in [-0.25, -0.2) is 8.78 Å². The summed E-state index contributed by atoms with van der Waals surface area (Å²) in [5.41, 5.74) is 2.02. The summed E-state index contributed by atoms with van der Waals surface area (Å²) in [7, 11) is 0. The van der Waals surface area contributed by atoms with Gasteiger partial charge >= 0.3 is 0 Å². The molecule has 1 saturated heterocycles. The molecule has 1 aliphatic heterocycles. The highest BCUT2D eigenvalue weighted by atomic mass is 35.5. The lowest BCUT2D eigenvalue weighted by molar-refractivity contribution is 0.0924. The molecule has 1 aliphatic rings. The van der Waals surface area contributed by atoms with Gasteiger partial charge < -0.3 is 10.6 Å². The van der Waals surface area contributed by atoms with Crippen LogP contribution in [0.4, 0.5) is 8.78 Å². The molecule has 142 valence electrons. The van der Waals surface area contributed by atoms with Crippen molar-refractivity contribution in [2.45, 2.75) is 25.3 Å². The molecule has 1 aromatic carbocycles. The fourth-order valence-electron chi connectivity index (χ4n) is 3.01. The van der Waals surface area contributed by atoms with Gasteiger partial charge in [0.2, 0.25) is 0 Å². The van der Waals surface area contributed by atoms with E-state index >= 15 is 0 Å². The van der Waals surface area contributed by atoms with Gasteiger partial charge in [0.15, 0.2) is 11.6 Å². The molecule has 26 heavy (non-hydrogen) atoms. The van der Waals surface area contributed by atoms with Crippen LogP contribution in [0.2, 0.25) is 0 Å². The topological polar surface area (TPSA) is 54.0 Å². The zero-order valence-electron chi connectivity index (χ0n) is 14.2. The van der Waals surface area contributed by atoms with E-state index in [4.69, 9.17) is 0 Å². The van der Waals surface area contributed by atoms with Gasteiger partial charge in [0.05, 0.1) is 5.56 Å². The molecule has 1 aromatic heterocycles. The summed E-state index contributed by atoms with van der Waals surface area (Å²) < 4.78 is 26.7. The summed E-state index contributed by atoms with van der Waals surface area (Å²) in [5, 5.41) is 6.21. The molecule has 1 amide bonds. The van der Waals surface area contributed by atoms with Crippen molar-refractivity contribution in [3.05, 3.63) is 65.0 Å². The van der Waals surface area contributed by atoms with Crippen LogP contribution in [0.15, 0.2) is 36.5 Å². The SMILES string of the molecule is Cc1ccc(C(=O)NC2CNCCC2c2ccc(F)c(F)c2)cn1.Cl.Cl. The van der Waals surface area contributed by atoms with Crippen LogP contribution in [0.3, 0.4) is 0 Å². The molecule has 0 radical (unpaired) electrons. The molecule has 2 heterocycles. The number of rotatable bonds is 3. The highest BCUT2D eigenvalue weighted by Gasteiger charge is 2.28. The van der Waals surface area contributed by atoms with Crippen molar-refractivity contribution in [1.29, 1.82) is 0 Å². The highest BCUT2D eigenvalue weighted by molar-refractivity contribution is 5.94. The average Bonchev–Trinajstić information content (AvgIpc) is 2.58. The van der Waals surface area contributed by atoms with Crippen molar-refractivity contribution in [2.24, 2.45) is 0 Å². The maximum Gasteiger partial charge on any atom is 0.253 e. The summed E-state index contributed by atoms with van der Waals surface area (Å²) in [6, 6.07) is 7.24. The summed E-state index contributed by atoms with van der Waals surface area (Å²) in [6.07, 6.45) is 2.27. The number of amides is 1. The normalized spacial score (nSPS) is 19.0. The number of carbonyl (C=O) groups is 1. The van der Waals surface area contributed by atoms with Crippen molar-refractivity contribution in [3.63, 3.8) is 0 Å². The average molecular weight is 404 g/mol. The Hall–Kier alpha value is -1.76. The molecule has 2 unspecified atom stereocenters. The van der Waals surface area contributed by atoms with Gasteiger partial charge in [-0.3, -0.25) is 9.78 Å². The van der Waals surface area contributed by atoms with E-state index in [1.807, 2.05) is 6.92 Å². The summed E-state index contributed by atoms with van der Waals surface area (Å²) in [4.78, 5) is 16.5. The Morgan fingerprint density at radius 1 is 1.19 bits per heavy atom. The second-order valence-electron chi connectivity index (χ2n) is 6.04. The molecule has 2 atom stereocenters. The molecule has 2 aromatic rings. The van der Waals surface area contributed by atoms with Crippen LogP contribution < -0.4 is 10.6 Å². The fraction of sp³-hybridized carbons (Fsp3) is 0.333. The van der Waals surface area contributed by atoms with Crippen LogP contribution in [0, 0.1) is 18.6 Å². The Bertz CT molecular complexity index is 744. The number of carbonyl (C=O) groups excluding carboxylic acids is 1. The zero-order valence-corrected chi connectivity index (χ0v) is 15.8. The van der Waals surface area contributed by atoms with Crippen LogP contribution in [-0.4, -0.2) is 30.0 Å². The lowest BCUT2D eigenvalue weighted by Crippen LogP contribution is -2.50. The van der Waals surface area contributed by atoms with Gasteiger partial charge in [-0.15, -0.1) is 24.8 Å². The van der Waals surface area contributed by atoms with E-state index in [1.165, 1.54) is 12.3 Å². The van der Waals surface area contributed by atoms with E-state index in [9.17, 15) is 13.6 Å². The number of hydrogen-bond donors (Lipinski definition) is 2. The van der Waals surface area contributed by atoms with Crippen molar-refractivity contribution < 1.29 is 13.6 Å². The van der Waals surface area contributed by atoms with Crippen LogP contribution >= 0.6 is 24.8 Å². The van der Waals surface area contributed by atoms with Gasteiger partial charge in [-0.05, 0) is 49.7 Å². The quantitative estimate of drug-likeness (QED) is 0.825. The summed E-state index contributed by atoms with van der Waals surface area (Å²) in [6.45, 7) is 3.20. The summed E-state index contributed by atoms with van der Waals surface area (Å²) in [5.74, 6) is -2.01. The summed E-state index contributed by atoms with van der Waals surface area (Å²) >= 11 is 0. The van der Waals surface area contributed by atoms with Gasteiger partial charge in [-0.2, -0.15) is 0 Å². The third kappa shape index (κ3) is 5.13. The van der Waals surface area contributed by atoms with Gasteiger partial charge in [0, 0.05) is 30.4 Å². The number of aryl methyl sites for hydroxylation is 1. The molecule has 3 rings (SSSR count). The maximum atomic E-state index is 13.5. The first kappa shape index (κ1) is 22.3. The number of hydrogen-bond acceptors (Lipinski definition) is 3. The number of benzene rings is 1. The van der Waals surface area contributed by atoms with Crippen LogP contribution in [0.1, 0.15) is 34.0 Å². The number of halogens is 4. The number of nitrogens with one attached hydrogen (secondary N) is 2. The first-order valence-corrected chi connectivity index (χ1v) is 7.94. The van der Waals surface area contributed by atoms with Crippen molar-refractivity contribution in [1.82, 2.24) is 15.6 Å². The highest BCUT2D eigenvalue weighted by Crippen LogP contribution is 2.27. The monoisotopic (exact) mass is 403 g/mol. The van der Waals surface area contributed by atoms with Crippen LogP contribution in [-0.2, 0) is 0 Å². The van der Waals surface area contributed by atoms with Gasteiger partial charge in [0.25, 0.3) is 5.91 Å². The standard InChI is InChI=1S/C18H19F2N3O.2ClH/c1-11-2-3-13(9-22-11)18(24)23-17-10-21-7-6-14(17)12-4-5-15(19)16(20)8-12;;/h2-5,8-9,14,17,21H,6-7,10H2,1H3,(H,23,24);2*1H. The number of piperidine rings is 1. The van der Waals surface area contributed by atoms with E-state index in [0.29, 0.717) is 17.7 Å². The Morgan fingerprint density at radius 2 is 1.96 bits per heavy atom. The number of nitrogens with zero attached hydrogens (tertiary/aromatic N) is 1. The van der Waals surface area contributed by atoms with E-state index in [1.54, 1.807) is 18.2 Å². The van der Waals surface area contributed by atoms with Crippen LogP contribution in [0.5, 0.6) is 0 Å². The minimum Gasteiger partial charge on any atom is -0.347 e. The number of pyridine rings is 1. The largest absolute Gasteiger partial charge is 0.347 e. The molecular weight excluding hydrogens is 383 g/mol. The molecule has 2 N–H and O–H groups in total. The molecule has 0 saturated carbocycles. The molecular formula is C18H21Cl2F2N3O. The molecule has 1 fully saturated rings. The van der Waals surface area contributed by atoms with Gasteiger partial charge in [0.1, 0.15) is 0 Å². The van der Waals surface area contributed by atoms with E-state index < -0.39 is 11.6 Å². The minimum absolute atomic E-state index is 0. The lowest BCUT2D eigenvalue weighted by Gasteiger charge is -2.33. The van der Waals surface area contributed by atoms with Crippen molar-refractivity contribution in [2.75, 3.05) is 13.1 Å². The molecule has 8 heteroatoms. The Labute approximate surface area is 163 Å².